The molecule has 29 heavy (non-hydrogen) atoms. The minimum absolute atomic E-state index is 0.199. The molecule has 1 N–H and O–H groups in total. The lowest BCUT2D eigenvalue weighted by atomic mass is 10.2. The Labute approximate surface area is 174 Å². The van der Waals surface area contributed by atoms with Crippen LogP contribution in [0.5, 0.6) is 0 Å². The average molecular weight is 429 g/mol. The highest BCUT2D eigenvalue weighted by atomic mass is 32.2. The van der Waals surface area contributed by atoms with Crippen LogP contribution >= 0.6 is 11.8 Å². The first-order valence-corrected chi connectivity index (χ1v) is 11.2. The maximum Gasteiger partial charge on any atom is 0.338 e. The number of esters is 1. The summed E-state index contributed by atoms with van der Waals surface area (Å²) in [5.41, 5.74) is 1.84. The quantitative estimate of drug-likeness (QED) is 0.557. The van der Waals surface area contributed by atoms with E-state index < -0.39 is 16.0 Å². The van der Waals surface area contributed by atoms with Crippen molar-refractivity contribution in [1.82, 2.24) is 4.98 Å². The van der Waals surface area contributed by atoms with E-state index in [0.29, 0.717) is 22.9 Å². The topological polar surface area (TPSA) is 85.4 Å². The molecule has 3 rings (SSSR count). The van der Waals surface area contributed by atoms with Crippen LogP contribution in [0, 0.1) is 6.92 Å². The Morgan fingerprint density at radius 2 is 1.86 bits per heavy atom. The Balaban J connectivity index is 1.77. The Morgan fingerprint density at radius 3 is 2.59 bits per heavy atom. The van der Waals surface area contributed by atoms with Gasteiger partial charge in [-0.2, -0.15) is 0 Å². The van der Waals surface area contributed by atoms with Crippen molar-refractivity contribution in [1.29, 1.82) is 0 Å². The SMILES string of the molecule is CCOC(=O)c1ccnc(Sc2cccc(NS(=O)(=O)c3ccc(C)cc3)c2)c1. The van der Waals surface area contributed by atoms with Crippen LogP contribution < -0.4 is 4.72 Å². The smallest absolute Gasteiger partial charge is 0.338 e. The molecule has 0 saturated carbocycles. The van der Waals surface area contributed by atoms with Gasteiger partial charge in [0.25, 0.3) is 10.0 Å². The van der Waals surface area contributed by atoms with Crippen molar-refractivity contribution < 1.29 is 17.9 Å². The summed E-state index contributed by atoms with van der Waals surface area (Å²) in [6.45, 7) is 3.94. The summed E-state index contributed by atoms with van der Waals surface area (Å²) in [5.74, 6) is -0.406. The number of aryl methyl sites for hydroxylation is 1. The van der Waals surface area contributed by atoms with Gasteiger partial charge in [-0.1, -0.05) is 35.5 Å². The predicted octanol–water partition coefficient (Wildman–Crippen LogP) is 4.52. The molecule has 0 aliphatic rings. The number of benzene rings is 2. The van der Waals surface area contributed by atoms with Crippen molar-refractivity contribution in [2.45, 2.75) is 28.7 Å². The summed E-state index contributed by atoms with van der Waals surface area (Å²) in [6, 6.07) is 16.9. The monoisotopic (exact) mass is 428 g/mol. The average Bonchev–Trinajstić information content (AvgIpc) is 2.69. The van der Waals surface area contributed by atoms with E-state index in [9.17, 15) is 13.2 Å². The van der Waals surface area contributed by atoms with Crippen LogP contribution in [0.1, 0.15) is 22.8 Å². The molecule has 1 heterocycles. The molecule has 8 heteroatoms. The molecule has 0 aliphatic heterocycles. The standard InChI is InChI=1S/C21H20N2O4S2/c1-3-27-21(24)16-11-12-22-20(13-16)28-18-6-4-5-17(14-18)23-29(25,26)19-9-7-15(2)8-10-19/h4-14,23H,3H2,1-2H3. The van der Waals surface area contributed by atoms with Gasteiger partial charge in [0.1, 0.15) is 5.03 Å². The van der Waals surface area contributed by atoms with E-state index in [2.05, 4.69) is 9.71 Å². The van der Waals surface area contributed by atoms with Gasteiger partial charge in [-0.15, -0.1) is 0 Å². The van der Waals surface area contributed by atoms with Crippen molar-refractivity contribution in [2.75, 3.05) is 11.3 Å². The Kier molecular flexibility index (Phi) is 6.56. The van der Waals surface area contributed by atoms with Gasteiger partial charge in [0.15, 0.2) is 0 Å². The van der Waals surface area contributed by atoms with E-state index in [1.165, 1.54) is 11.8 Å². The Hall–Kier alpha value is -2.84. The second-order valence-corrected chi connectivity index (χ2v) is 8.93. The first-order valence-electron chi connectivity index (χ1n) is 8.88. The highest BCUT2D eigenvalue weighted by Gasteiger charge is 2.14. The summed E-state index contributed by atoms with van der Waals surface area (Å²) in [6.07, 6.45) is 1.54. The third-order valence-corrected chi connectivity index (χ3v) is 6.21. The zero-order chi connectivity index (χ0) is 20.9. The van der Waals surface area contributed by atoms with Crippen LogP contribution in [-0.4, -0.2) is 26.0 Å². The molecular formula is C21H20N2O4S2. The molecule has 150 valence electrons. The number of hydrogen-bond acceptors (Lipinski definition) is 6. The molecule has 0 unspecified atom stereocenters. The predicted molar refractivity (Wildman–Crippen MR) is 113 cm³/mol. The normalized spacial score (nSPS) is 11.1. The van der Waals surface area contributed by atoms with Crippen LogP contribution in [0.15, 0.2) is 81.7 Å². The minimum atomic E-state index is -3.68. The fourth-order valence-corrected chi connectivity index (χ4v) is 4.40. The van der Waals surface area contributed by atoms with Gasteiger partial charge in [0.2, 0.25) is 0 Å². The molecule has 2 aromatic carbocycles. The van der Waals surface area contributed by atoms with Crippen LogP contribution in [0.2, 0.25) is 0 Å². The van der Waals surface area contributed by atoms with Crippen molar-refractivity contribution >= 4 is 33.4 Å². The number of nitrogens with zero attached hydrogens (tertiary/aromatic N) is 1. The number of carbonyl (C=O) groups excluding carboxylic acids is 1. The maximum atomic E-state index is 12.6. The van der Waals surface area contributed by atoms with Crippen LogP contribution in [0.3, 0.4) is 0 Å². The molecule has 0 radical (unpaired) electrons. The number of anilines is 1. The van der Waals surface area contributed by atoms with Crippen LogP contribution in [0.25, 0.3) is 0 Å². The summed E-state index contributed by atoms with van der Waals surface area (Å²) in [7, 11) is -3.68. The molecule has 0 fully saturated rings. The van der Waals surface area contributed by atoms with Gasteiger partial charge in [0.05, 0.1) is 17.1 Å². The molecule has 6 nitrogen and oxygen atoms in total. The molecule has 1 aromatic heterocycles. The molecule has 0 amide bonds. The first-order chi connectivity index (χ1) is 13.9. The second kappa shape index (κ2) is 9.11. The van der Waals surface area contributed by atoms with Gasteiger partial charge in [-0.3, -0.25) is 4.72 Å². The van der Waals surface area contributed by atoms with Gasteiger partial charge in [0, 0.05) is 16.8 Å². The number of carbonyl (C=O) groups is 1. The van der Waals surface area contributed by atoms with Gasteiger partial charge >= 0.3 is 5.97 Å². The molecule has 0 atom stereocenters. The van der Waals surface area contributed by atoms with Gasteiger partial charge < -0.3 is 4.74 Å². The second-order valence-electron chi connectivity index (χ2n) is 6.15. The zero-order valence-electron chi connectivity index (χ0n) is 16.0. The fraction of sp³-hybridized carbons (Fsp3) is 0.143. The van der Waals surface area contributed by atoms with Crippen molar-refractivity contribution in [3.8, 4) is 0 Å². The summed E-state index contributed by atoms with van der Waals surface area (Å²) in [5, 5.41) is 0.606. The summed E-state index contributed by atoms with van der Waals surface area (Å²) in [4.78, 5) is 17.1. The molecular weight excluding hydrogens is 408 g/mol. The molecule has 0 saturated heterocycles. The van der Waals surface area contributed by atoms with E-state index in [-0.39, 0.29) is 4.90 Å². The number of hydrogen-bond donors (Lipinski definition) is 1. The van der Waals surface area contributed by atoms with Gasteiger partial charge in [-0.05, 0) is 56.3 Å². The Bertz CT molecular complexity index is 1110. The number of aromatic nitrogens is 1. The van der Waals surface area contributed by atoms with E-state index in [1.807, 2.05) is 13.0 Å². The van der Waals surface area contributed by atoms with Crippen molar-refractivity contribution in [2.24, 2.45) is 0 Å². The zero-order valence-corrected chi connectivity index (χ0v) is 17.6. The summed E-state index contributed by atoms with van der Waals surface area (Å²) >= 11 is 1.32. The van der Waals surface area contributed by atoms with Crippen molar-refractivity contribution in [3.05, 3.63) is 78.0 Å². The minimum Gasteiger partial charge on any atom is -0.462 e. The highest BCUT2D eigenvalue weighted by molar-refractivity contribution is 7.99. The number of nitrogens with one attached hydrogen (secondary N) is 1. The molecule has 0 spiro atoms. The highest BCUT2D eigenvalue weighted by Crippen LogP contribution is 2.29. The van der Waals surface area contributed by atoms with E-state index >= 15 is 0 Å². The first kappa shape index (κ1) is 20.9. The third-order valence-electron chi connectivity index (χ3n) is 3.89. The number of pyridine rings is 1. The van der Waals surface area contributed by atoms with E-state index in [4.69, 9.17) is 4.74 Å². The summed E-state index contributed by atoms with van der Waals surface area (Å²) < 4.78 is 32.8. The molecule has 3 aromatic rings. The molecule has 0 aliphatic carbocycles. The lowest BCUT2D eigenvalue weighted by Crippen LogP contribution is -2.12. The number of rotatable bonds is 7. The van der Waals surface area contributed by atoms with Crippen LogP contribution in [-0.2, 0) is 14.8 Å². The number of ether oxygens (including phenoxy) is 1. The third kappa shape index (κ3) is 5.58. The largest absolute Gasteiger partial charge is 0.462 e. The van der Waals surface area contributed by atoms with E-state index in [0.717, 1.165) is 10.5 Å². The van der Waals surface area contributed by atoms with Crippen LogP contribution in [0.4, 0.5) is 5.69 Å². The van der Waals surface area contributed by atoms with Crippen molar-refractivity contribution in [3.63, 3.8) is 0 Å². The number of sulfonamides is 1. The van der Waals surface area contributed by atoms with E-state index in [1.54, 1.807) is 67.7 Å². The fourth-order valence-electron chi connectivity index (χ4n) is 2.48. The maximum absolute atomic E-state index is 12.6. The lowest BCUT2D eigenvalue weighted by molar-refractivity contribution is 0.0526. The Morgan fingerprint density at radius 1 is 1.10 bits per heavy atom. The van der Waals surface area contributed by atoms with Gasteiger partial charge in [-0.25, -0.2) is 18.2 Å². The molecule has 0 bridgehead atoms. The lowest BCUT2D eigenvalue weighted by Gasteiger charge is -2.10.